The Bertz CT molecular complexity index is 440. The second-order valence-electron chi connectivity index (χ2n) is 5.56. The third kappa shape index (κ3) is 2.21. The molecular formula is C14H19ClN2O. The third-order valence-corrected chi connectivity index (χ3v) is 4.66. The first kappa shape index (κ1) is 12.2. The van der Waals surface area contributed by atoms with Crippen LogP contribution in [0.3, 0.4) is 0 Å². The van der Waals surface area contributed by atoms with Crippen LogP contribution in [0, 0.1) is 5.92 Å². The average molecular weight is 267 g/mol. The maximum Gasteiger partial charge on any atom is 0.131 e. The monoisotopic (exact) mass is 266 g/mol. The molecule has 1 N–H and O–H groups in total. The van der Waals surface area contributed by atoms with E-state index >= 15 is 0 Å². The molecule has 3 nitrogen and oxygen atoms in total. The molecule has 1 saturated carbocycles. The van der Waals surface area contributed by atoms with E-state index in [-0.39, 0.29) is 0 Å². The van der Waals surface area contributed by atoms with E-state index in [1.54, 1.807) is 6.07 Å². The number of halogens is 1. The average Bonchev–Trinajstić information content (AvgIpc) is 2.37. The number of aromatic nitrogens is 1. The van der Waals surface area contributed by atoms with Gasteiger partial charge in [0.25, 0.3) is 0 Å². The Morgan fingerprint density at radius 1 is 1.33 bits per heavy atom. The zero-order valence-corrected chi connectivity index (χ0v) is 11.2. The summed E-state index contributed by atoms with van der Waals surface area (Å²) in [5.41, 5.74) is -0.423. The van der Waals surface area contributed by atoms with Crippen molar-refractivity contribution in [1.82, 2.24) is 4.98 Å². The van der Waals surface area contributed by atoms with Gasteiger partial charge in [0.2, 0.25) is 0 Å². The molecule has 1 aliphatic carbocycles. The van der Waals surface area contributed by atoms with Crippen molar-refractivity contribution in [3.63, 3.8) is 0 Å². The Balaban J connectivity index is 1.77. The summed E-state index contributed by atoms with van der Waals surface area (Å²) in [6.45, 7) is 1.78. The summed E-state index contributed by atoms with van der Waals surface area (Å²) in [5.74, 6) is 1.33. The molecule has 3 rings (SSSR count). The van der Waals surface area contributed by atoms with Gasteiger partial charge in [-0.15, -0.1) is 0 Å². The second-order valence-corrected chi connectivity index (χ2v) is 5.95. The number of nitrogens with zero attached hydrogens (tertiary/aromatic N) is 2. The van der Waals surface area contributed by atoms with Crippen LogP contribution in [0.4, 0.5) is 5.82 Å². The van der Waals surface area contributed by atoms with Gasteiger partial charge in [0.1, 0.15) is 11.0 Å². The predicted octanol–water partition coefficient (Wildman–Crippen LogP) is 2.87. The summed E-state index contributed by atoms with van der Waals surface area (Å²) >= 11 is 5.94. The van der Waals surface area contributed by atoms with E-state index < -0.39 is 5.60 Å². The quantitative estimate of drug-likeness (QED) is 0.794. The highest BCUT2D eigenvalue weighted by molar-refractivity contribution is 6.29. The molecule has 2 atom stereocenters. The number of piperidine rings is 1. The fourth-order valence-electron chi connectivity index (χ4n) is 3.35. The van der Waals surface area contributed by atoms with Gasteiger partial charge in [0.15, 0.2) is 0 Å². The molecule has 98 valence electrons. The maximum absolute atomic E-state index is 10.6. The van der Waals surface area contributed by atoms with Gasteiger partial charge in [-0.3, -0.25) is 0 Å². The Labute approximate surface area is 113 Å². The molecule has 1 saturated heterocycles. The van der Waals surface area contributed by atoms with Crippen LogP contribution < -0.4 is 4.90 Å². The van der Waals surface area contributed by atoms with E-state index in [0.717, 1.165) is 38.2 Å². The number of hydrogen-bond acceptors (Lipinski definition) is 3. The van der Waals surface area contributed by atoms with Crippen LogP contribution in [-0.4, -0.2) is 28.8 Å². The molecule has 0 amide bonds. The van der Waals surface area contributed by atoms with E-state index in [0.29, 0.717) is 11.1 Å². The Morgan fingerprint density at radius 3 is 3.06 bits per heavy atom. The van der Waals surface area contributed by atoms with Crippen LogP contribution in [-0.2, 0) is 0 Å². The molecule has 4 heteroatoms. The van der Waals surface area contributed by atoms with Crippen LogP contribution in [0.15, 0.2) is 18.2 Å². The fourth-order valence-corrected chi connectivity index (χ4v) is 3.51. The minimum absolute atomic E-state index is 0.390. The van der Waals surface area contributed by atoms with Gasteiger partial charge in [0, 0.05) is 19.0 Å². The minimum atomic E-state index is -0.423. The van der Waals surface area contributed by atoms with Crippen LogP contribution in [0.1, 0.15) is 32.1 Å². The largest absolute Gasteiger partial charge is 0.389 e. The second kappa shape index (κ2) is 4.71. The zero-order valence-electron chi connectivity index (χ0n) is 10.5. The van der Waals surface area contributed by atoms with Gasteiger partial charge in [-0.25, -0.2) is 4.98 Å². The molecule has 1 aliphatic heterocycles. The van der Waals surface area contributed by atoms with E-state index in [2.05, 4.69) is 9.88 Å². The van der Waals surface area contributed by atoms with Gasteiger partial charge in [-0.05, 0) is 31.4 Å². The molecule has 2 aliphatic rings. The molecule has 0 bridgehead atoms. The van der Waals surface area contributed by atoms with E-state index in [4.69, 9.17) is 11.6 Å². The summed E-state index contributed by atoms with van der Waals surface area (Å²) in [5, 5.41) is 11.2. The molecule has 0 radical (unpaired) electrons. The number of fused-ring (bicyclic) bond motifs is 1. The van der Waals surface area contributed by atoms with E-state index in [1.807, 2.05) is 12.1 Å². The molecule has 0 spiro atoms. The molecule has 1 aromatic heterocycles. The topological polar surface area (TPSA) is 36.4 Å². The van der Waals surface area contributed by atoms with Crippen molar-refractivity contribution in [3.05, 3.63) is 23.4 Å². The molecule has 2 fully saturated rings. The predicted molar refractivity (Wildman–Crippen MR) is 73.0 cm³/mol. The molecule has 1 aromatic rings. The Kier molecular flexibility index (Phi) is 3.20. The lowest BCUT2D eigenvalue weighted by atomic mass is 9.71. The highest BCUT2D eigenvalue weighted by atomic mass is 35.5. The van der Waals surface area contributed by atoms with Crippen molar-refractivity contribution in [3.8, 4) is 0 Å². The summed E-state index contributed by atoms with van der Waals surface area (Å²) in [4.78, 5) is 6.63. The van der Waals surface area contributed by atoms with Gasteiger partial charge in [-0.1, -0.05) is 30.5 Å². The number of aliphatic hydroxyl groups is 1. The van der Waals surface area contributed by atoms with Crippen molar-refractivity contribution in [2.24, 2.45) is 5.92 Å². The van der Waals surface area contributed by atoms with Gasteiger partial charge >= 0.3 is 0 Å². The highest BCUT2D eigenvalue weighted by Gasteiger charge is 2.42. The summed E-state index contributed by atoms with van der Waals surface area (Å²) in [6, 6.07) is 5.73. The fraction of sp³-hybridized carbons (Fsp3) is 0.643. The lowest BCUT2D eigenvalue weighted by molar-refractivity contribution is -0.0613. The van der Waals surface area contributed by atoms with Crippen LogP contribution in [0.5, 0.6) is 0 Å². The third-order valence-electron chi connectivity index (χ3n) is 4.45. The Morgan fingerprint density at radius 2 is 2.22 bits per heavy atom. The first-order valence-electron chi connectivity index (χ1n) is 6.77. The van der Waals surface area contributed by atoms with Crippen LogP contribution >= 0.6 is 11.6 Å². The van der Waals surface area contributed by atoms with Crippen molar-refractivity contribution < 1.29 is 5.11 Å². The highest BCUT2D eigenvalue weighted by Crippen LogP contribution is 2.40. The number of rotatable bonds is 1. The van der Waals surface area contributed by atoms with Crippen molar-refractivity contribution >= 4 is 17.4 Å². The number of anilines is 1. The van der Waals surface area contributed by atoms with Crippen molar-refractivity contribution in [2.45, 2.75) is 37.7 Å². The van der Waals surface area contributed by atoms with E-state index in [9.17, 15) is 5.11 Å². The normalized spacial score (nSPS) is 32.1. The first-order valence-corrected chi connectivity index (χ1v) is 7.15. The molecule has 2 heterocycles. The van der Waals surface area contributed by atoms with Crippen LogP contribution in [0.25, 0.3) is 0 Å². The number of pyridine rings is 1. The molecule has 2 unspecified atom stereocenters. The summed E-state index contributed by atoms with van der Waals surface area (Å²) < 4.78 is 0. The Hall–Kier alpha value is -0.800. The number of hydrogen-bond donors (Lipinski definition) is 1. The van der Waals surface area contributed by atoms with E-state index in [1.165, 1.54) is 12.8 Å². The SMILES string of the molecule is OC12CCCCC1CN(c1cccc(Cl)n1)CC2. The molecular weight excluding hydrogens is 248 g/mol. The first-order chi connectivity index (χ1) is 8.67. The summed E-state index contributed by atoms with van der Waals surface area (Å²) in [7, 11) is 0. The van der Waals surface area contributed by atoms with Crippen molar-refractivity contribution in [1.29, 1.82) is 0 Å². The zero-order chi connectivity index (χ0) is 12.6. The van der Waals surface area contributed by atoms with Crippen molar-refractivity contribution in [2.75, 3.05) is 18.0 Å². The van der Waals surface area contributed by atoms with Gasteiger partial charge in [0.05, 0.1) is 5.60 Å². The minimum Gasteiger partial charge on any atom is -0.389 e. The van der Waals surface area contributed by atoms with Crippen LogP contribution in [0.2, 0.25) is 5.15 Å². The van der Waals surface area contributed by atoms with Gasteiger partial charge < -0.3 is 10.0 Å². The standard InChI is InChI=1S/C14H19ClN2O/c15-12-5-3-6-13(16-12)17-9-8-14(18)7-2-1-4-11(14)10-17/h3,5-6,11,18H,1-2,4,7-10H2. The molecule has 18 heavy (non-hydrogen) atoms. The molecule has 0 aromatic carbocycles. The summed E-state index contributed by atoms with van der Waals surface area (Å²) in [6.07, 6.45) is 5.36. The lowest BCUT2D eigenvalue weighted by Crippen LogP contribution is -2.53. The maximum atomic E-state index is 10.6. The lowest BCUT2D eigenvalue weighted by Gasteiger charge is -2.47. The smallest absolute Gasteiger partial charge is 0.131 e. The van der Waals surface area contributed by atoms with Gasteiger partial charge in [-0.2, -0.15) is 0 Å².